The summed E-state index contributed by atoms with van der Waals surface area (Å²) >= 11 is 0. The third-order valence-electron chi connectivity index (χ3n) is 3.55. The Balaban J connectivity index is 2.42. The zero-order chi connectivity index (χ0) is 13.3. The van der Waals surface area contributed by atoms with Crippen molar-refractivity contribution in [3.63, 3.8) is 0 Å². The molecule has 1 aliphatic heterocycles. The molecule has 1 aromatic heterocycles. The number of nitrogens with two attached hydrogens (primary N) is 1. The summed E-state index contributed by atoms with van der Waals surface area (Å²) in [5, 5.41) is 9.42. The van der Waals surface area contributed by atoms with E-state index < -0.39 is 0 Å². The Morgan fingerprint density at radius 1 is 1.44 bits per heavy atom. The van der Waals surface area contributed by atoms with E-state index in [1.54, 1.807) is 0 Å². The van der Waals surface area contributed by atoms with E-state index in [1.165, 1.54) is 0 Å². The fraction of sp³-hybridized carbons (Fsp3) is 0.692. The Hall–Kier alpha value is -1.36. The normalized spacial score (nSPS) is 19.8. The van der Waals surface area contributed by atoms with Crippen LogP contribution in [-0.2, 0) is 0 Å². The molecule has 1 saturated heterocycles. The summed E-state index contributed by atoms with van der Waals surface area (Å²) in [7, 11) is 0. The fourth-order valence-corrected chi connectivity index (χ4v) is 2.38. The number of aromatic nitrogens is 2. The molecule has 5 heteroatoms. The lowest BCUT2D eigenvalue weighted by Gasteiger charge is -2.26. The van der Waals surface area contributed by atoms with E-state index >= 15 is 0 Å². The van der Waals surface area contributed by atoms with Crippen LogP contribution < -0.4 is 10.6 Å². The van der Waals surface area contributed by atoms with Gasteiger partial charge >= 0.3 is 0 Å². The molecule has 1 aliphatic rings. The molecule has 100 valence electrons. The van der Waals surface area contributed by atoms with Crippen molar-refractivity contribution in [1.29, 1.82) is 0 Å². The lowest BCUT2D eigenvalue weighted by Crippen LogP contribution is -2.34. The molecular formula is C13H22N4O. The topological polar surface area (TPSA) is 75.3 Å². The lowest BCUT2D eigenvalue weighted by atomic mass is 10.2. The lowest BCUT2D eigenvalue weighted by molar-refractivity contribution is 0.266. The number of hydrogen-bond acceptors (Lipinski definition) is 5. The summed E-state index contributed by atoms with van der Waals surface area (Å²) in [6.45, 7) is 7.16. The number of anilines is 2. The molecule has 5 nitrogen and oxygen atoms in total. The molecule has 0 aliphatic carbocycles. The van der Waals surface area contributed by atoms with Crippen LogP contribution in [0.5, 0.6) is 0 Å². The molecule has 1 atom stereocenters. The predicted molar refractivity (Wildman–Crippen MR) is 72.7 cm³/mol. The van der Waals surface area contributed by atoms with Crippen molar-refractivity contribution in [2.75, 3.05) is 23.8 Å². The first-order valence-corrected chi connectivity index (χ1v) is 6.56. The van der Waals surface area contributed by atoms with Crippen LogP contribution in [0.2, 0.25) is 0 Å². The molecule has 0 saturated carbocycles. The van der Waals surface area contributed by atoms with Gasteiger partial charge in [-0.3, -0.25) is 0 Å². The van der Waals surface area contributed by atoms with Crippen LogP contribution in [0.15, 0.2) is 0 Å². The van der Waals surface area contributed by atoms with E-state index in [2.05, 4.69) is 28.7 Å². The van der Waals surface area contributed by atoms with Gasteiger partial charge in [0.25, 0.3) is 0 Å². The third-order valence-corrected chi connectivity index (χ3v) is 3.55. The summed E-state index contributed by atoms with van der Waals surface area (Å²) in [5.41, 5.74) is 6.89. The average molecular weight is 250 g/mol. The maximum atomic E-state index is 9.42. The largest absolute Gasteiger partial charge is 0.394 e. The summed E-state index contributed by atoms with van der Waals surface area (Å²) in [6, 6.07) is 0.165. The molecule has 3 N–H and O–H groups in total. The predicted octanol–water partition coefficient (Wildman–Crippen LogP) is 1.45. The third kappa shape index (κ3) is 2.27. The van der Waals surface area contributed by atoms with Crippen molar-refractivity contribution in [2.24, 2.45) is 0 Å². The minimum absolute atomic E-state index is 0.165. The van der Waals surface area contributed by atoms with E-state index in [4.69, 9.17) is 5.73 Å². The van der Waals surface area contributed by atoms with Gasteiger partial charge in [-0.05, 0) is 19.8 Å². The molecule has 2 heterocycles. The molecule has 0 bridgehead atoms. The minimum Gasteiger partial charge on any atom is -0.394 e. The highest BCUT2D eigenvalue weighted by molar-refractivity contribution is 5.57. The molecule has 1 aromatic rings. The smallest absolute Gasteiger partial charge is 0.137 e. The van der Waals surface area contributed by atoms with Crippen LogP contribution in [-0.4, -0.2) is 34.3 Å². The molecule has 0 amide bonds. The first-order chi connectivity index (χ1) is 8.54. The van der Waals surface area contributed by atoms with Gasteiger partial charge in [0.15, 0.2) is 0 Å². The van der Waals surface area contributed by atoms with Gasteiger partial charge in [-0.1, -0.05) is 13.8 Å². The highest BCUT2D eigenvalue weighted by Gasteiger charge is 2.27. The molecule has 0 spiro atoms. The zero-order valence-electron chi connectivity index (χ0n) is 11.3. The quantitative estimate of drug-likeness (QED) is 0.849. The van der Waals surface area contributed by atoms with Crippen molar-refractivity contribution in [3.8, 4) is 0 Å². The number of hydrogen-bond donors (Lipinski definition) is 2. The van der Waals surface area contributed by atoms with Crippen LogP contribution in [0.1, 0.15) is 44.0 Å². The Kier molecular flexibility index (Phi) is 3.71. The fourth-order valence-electron chi connectivity index (χ4n) is 2.38. The van der Waals surface area contributed by atoms with Crippen molar-refractivity contribution >= 4 is 11.6 Å². The van der Waals surface area contributed by atoms with Crippen LogP contribution in [0.25, 0.3) is 0 Å². The van der Waals surface area contributed by atoms with E-state index in [1.807, 2.05) is 6.92 Å². The van der Waals surface area contributed by atoms with E-state index in [0.717, 1.165) is 36.6 Å². The van der Waals surface area contributed by atoms with E-state index in [-0.39, 0.29) is 18.6 Å². The van der Waals surface area contributed by atoms with Gasteiger partial charge in [-0.2, -0.15) is 0 Å². The second kappa shape index (κ2) is 5.10. The summed E-state index contributed by atoms with van der Waals surface area (Å²) in [5.74, 6) is 2.47. The second-order valence-corrected chi connectivity index (χ2v) is 5.24. The first-order valence-electron chi connectivity index (χ1n) is 6.56. The van der Waals surface area contributed by atoms with Gasteiger partial charge in [-0.25, -0.2) is 9.97 Å². The number of aliphatic hydroxyl groups excluding tert-OH is 1. The molecule has 2 rings (SSSR count). The van der Waals surface area contributed by atoms with Gasteiger partial charge in [-0.15, -0.1) is 0 Å². The van der Waals surface area contributed by atoms with Crippen LogP contribution in [0.3, 0.4) is 0 Å². The number of nitrogens with zero attached hydrogens (tertiary/aromatic N) is 3. The minimum atomic E-state index is 0.165. The van der Waals surface area contributed by atoms with E-state index in [9.17, 15) is 5.11 Å². The number of nitrogen functional groups attached to an aromatic ring is 1. The zero-order valence-corrected chi connectivity index (χ0v) is 11.3. The maximum Gasteiger partial charge on any atom is 0.137 e. The van der Waals surface area contributed by atoms with Gasteiger partial charge in [0, 0.05) is 18.0 Å². The van der Waals surface area contributed by atoms with Gasteiger partial charge in [0.2, 0.25) is 0 Å². The van der Waals surface area contributed by atoms with Crippen LogP contribution >= 0.6 is 0 Å². The van der Waals surface area contributed by atoms with Crippen molar-refractivity contribution in [3.05, 3.63) is 11.4 Å². The van der Waals surface area contributed by atoms with Gasteiger partial charge in [0.05, 0.1) is 12.6 Å². The average Bonchev–Trinajstić information content (AvgIpc) is 2.80. The molecule has 18 heavy (non-hydrogen) atoms. The molecule has 0 aromatic carbocycles. The van der Waals surface area contributed by atoms with Crippen LogP contribution in [0, 0.1) is 6.92 Å². The standard InChI is InChI=1S/C13H22N4O/c1-8(2)12-15-11(14)9(3)13(16-12)17-6-4-5-10(17)7-18/h8,10,18H,4-7H2,1-3H3,(H2,14,15,16). The monoisotopic (exact) mass is 250 g/mol. The molecule has 1 unspecified atom stereocenters. The Morgan fingerprint density at radius 3 is 2.78 bits per heavy atom. The Morgan fingerprint density at radius 2 is 2.17 bits per heavy atom. The van der Waals surface area contributed by atoms with E-state index in [0.29, 0.717) is 5.82 Å². The van der Waals surface area contributed by atoms with Crippen molar-refractivity contribution < 1.29 is 5.11 Å². The van der Waals surface area contributed by atoms with Gasteiger partial charge < -0.3 is 15.7 Å². The maximum absolute atomic E-state index is 9.42. The first kappa shape index (κ1) is 13.1. The Bertz CT molecular complexity index is 433. The summed E-state index contributed by atoms with van der Waals surface area (Å²) in [6.07, 6.45) is 2.10. The molecule has 1 fully saturated rings. The van der Waals surface area contributed by atoms with Gasteiger partial charge in [0.1, 0.15) is 17.5 Å². The number of aliphatic hydroxyl groups is 1. The highest BCUT2D eigenvalue weighted by atomic mass is 16.3. The van der Waals surface area contributed by atoms with Crippen molar-refractivity contribution in [1.82, 2.24) is 9.97 Å². The summed E-state index contributed by atoms with van der Waals surface area (Å²) < 4.78 is 0. The van der Waals surface area contributed by atoms with Crippen LogP contribution in [0.4, 0.5) is 11.6 Å². The number of rotatable bonds is 3. The molecular weight excluding hydrogens is 228 g/mol. The highest BCUT2D eigenvalue weighted by Crippen LogP contribution is 2.29. The molecule has 0 radical (unpaired) electrons. The SMILES string of the molecule is Cc1c(N)nc(C(C)C)nc1N1CCCC1CO. The second-order valence-electron chi connectivity index (χ2n) is 5.24. The summed E-state index contributed by atoms with van der Waals surface area (Å²) in [4.78, 5) is 11.1. The Labute approximate surface area is 108 Å². The van der Waals surface area contributed by atoms with Crippen molar-refractivity contribution in [2.45, 2.75) is 45.6 Å².